The third-order valence-corrected chi connectivity index (χ3v) is 7.56. The molecule has 0 spiro atoms. The van der Waals surface area contributed by atoms with Crippen molar-refractivity contribution in [1.29, 1.82) is 0 Å². The number of rotatable bonds is 9. The van der Waals surface area contributed by atoms with Crippen molar-refractivity contribution >= 4 is 34.5 Å². The number of ether oxygens (including phenoxy) is 2. The average molecular weight is 485 g/mol. The van der Waals surface area contributed by atoms with E-state index in [4.69, 9.17) is 9.47 Å². The first-order valence-corrected chi connectivity index (χ1v) is 12.8. The Balaban J connectivity index is 1.51. The molecule has 8 heteroatoms. The molecule has 0 fully saturated rings. The zero-order valence-electron chi connectivity index (χ0n) is 18.9. The van der Waals surface area contributed by atoms with Crippen LogP contribution in [0.25, 0.3) is 0 Å². The van der Waals surface area contributed by atoms with Crippen LogP contribution in [0.5, 0.6) is 11.5 Å². The SMILES string of the molecule is CCCN(CC(=O)N1CCc2sccc2[C@H]1COc1cccc(OC)c1)C(=O)c1cccs1. The molecule has 0 saturated carbocycles. The summed E-state index contributed by atoms with van der Waals surface area (Å²) in [5.41, 5.74) is 1.13. The number of fused-ring (bicyclic) bond motifs is 1. The van der Waals surface area contributed by atoms with Crippen molar-refractivity contribution in [2.24, 2.45) is 0 Å². The molecule has 0 saturated heterocycles. The van der Waals surface area contributed by atoms with E-state index in [9.17, 15) is 9.59 Å². The van der Waals surface area contributed by atoms with Gasteiger partial charge in [0.05, 0.1) is 18.0 Å². The van der Waals surface area contributed by atoms with Crippen LogP contribution in [0.15, 0.2) is 53.2 Å². The quantitative estimate of drug-likeness (QED) is 0.435. The number of hydrogen-bond donors (Lipinski definition) is 0. The van der Waals surface area contributed by atoms with Gasteiger partial charge in [-0.1, -0.05) is 19.1 Å². The third-order valence-electron chi connectivity index (χ3n) is 5.70. The van der Waals surface area contributed by atoms with Gasteiger partial charge in [0, 0.05) is 24.0 Å². The highest BCUT2D eigenvalue weighted by Crippen LogP contribution is 2.34. The summed E-state index contributed by atoms with van der Waals surface area (Å²) in [6.45, 7) is 3.59. The van der Waals surface area contributed by atoms with Crippen LogP contribution in [0.3, 0.4) is 0 Å². The summed E-state index contributed by atoms with van der Waals surface area (Å²) < 4.78 is 11.4. The van der Waals surface area contributed by atoms with E-state index in [1.165, 1.54) is 16.2 Å². The van der Waals surface area contributed by atoms with Crippen molar-refractivity contribution in [1.82, 2.24) is 9.80 Å². The fourth-order valence-electron chi connectivity index (χ4n) is 4.07. The maximum atomic E-state index is 13.5. The lowest BCUT2D eigenvalue weighted by atomic mass is 10.0. The van der Waals surface area contributed by atoms with Crippen LogP contribution in [-0.2, 0) is 11.2 Å². The van der Waals surface area contributed by atoms with Crippen LogP contribution in [0.1, 0.15) is 39.5 Å². The Hall–Kier alpha value is -2.84. The molecule has 2 aromatic heterocycles. The Morgan fingerprint density at radius 2 is 1.97 bits per heavy atom. The van der Waals surface area contributed by atoms with Crippen molar-refractivity contribution < 1.29 is 19.1 Å². The lowest BCUT2D eigenvalue weighted by Crippen LogP contribution is -2.48. The minimum Gasteiger partial charge on any atom is -0.497 e. The standard InChI is InChI=1S/C25H28N2O4S2/c1-3-11-26(25(29)23-8-5-13-32-23)16-24(28)27-12-9-22-20(10-14-33-22)21(27)17-31-19-7-4-6-18(15-19)30-2/h4-8,10,13-15,21H,3,9,11-12,16-17H2,1-2H3/t21-/m1/s1. The van der Waals surface area contributed by atoms with Gasteiger partial charge >= 0.3 is 0 Å². The van der Waals surface area contributed by atoms with Gasteiger partial charge in [0.2, 0.25) is 5.91 Å². The fourth-order valence-corrected chi connectivity index (χ4v) is 5.69. The number of benzene rings is 1. The summed E-state index contributed by atoms with van der Waals surface area (Å²) in [6.07, 6.45) is 1.61. The molecule has 0 radical (unpaired) electrons. The van der Waals surface area contributed by atoms with Gasteiger partial charge in [-0.05, 0) is 53.4 Å². The Kier molecular flexibility index (Phi) is 7.67. The highest BCUT2D eigenvalue weighted by Gasteiger charge is 2.33. The largest absolute Gasteiger partial charge is 0.497 e. The molecule has 33 heavy (non-hydrogen) atoms. The van der Waals surface area contributed by atoms with Gasteiger partial charge in [0.25, 0.3) is 5.91 Å². The Bertz CT molecular complexity index is 1080. The first-order chi connectivity index (χ1) is 16.1. The van der Waals surface area contributed by atoms with Crippen molar-refractivity contribution in [2.75, 3.05) is 33.4 Å². The molecular formula is C25H28N2O4S2. The van der Waals surface area contributed by atoms with E-state index in [0.717, 1.165) is 24.2 Å². The third kappa shape index (κ3) is 5.39. The predicted octanol–water partition coefficient (Wildman–Crippen LogP) is 4.88. The first kappa shape index (κ1) is 23.3. The summed E-state index contributed by atoms with van der Waals surface area (Å²) in [5, 5.41) is 3.95. The Morgan fingerprint density at radius 3 is 2.73 bits per heavy atom. The second-order valence-electron chi connectivity index (χ2n) is 7.85. The maximum absolute atomic E-state index is 13.5. The molecule has 1 atom stereocenters. The molecule has 3 heterocycles. The Labute approximate surface area is 202 Å². The van der Waals surface area contributed by atoms with Crippen LogP contribution < -0.4 is 9.47 Å². The van der Waals surface area contributed by atoms with Crippen LogP contribution in [-0.4, -0.2) is 55.0 Å². The van der Waals surface area contributed by atoms with Gasteiger partial charge < -0.3 is 19.3 Å². The van der Waals surface area contributed by atoms with Gasteiger partial charge in [-0.15, -0.1) is 22.7 Å². The van der Waals surface area contributed by atoms with Crippen LogP contribution >= 0.6 is 22.7 Å². The van der Waals surface area contributed by atoms with E-state index < -0.39 is 0 Å². The molecule has 3 aromatic rings. The van der Waals surface area contributed by atoms with E-state index in [1.54, 1.807) is 23.3 Å². The first-order valence-electron chi connectivity index (χ1n) is 11.1. The number of hydrogen-bond acceptors (Lipinski definition) is 6. The van der Waals surface area contributed by atoms with Crippen LogP contribution in [0.2, 0.25) is 0 Å². The van der Waals surface area contributed by atoms with Gasteiger partial charge in [0.1, 0.15) is 24.7 Å². The molecule has 1 aromatic carbocycles. The van der Waals surface area contributed by atoms with Crippen LogP contribution in [0, 0.1) is 0 Å². The fraction of sp³-hybridized carbons (Fsp3) is 0.360. The normalized spacial score (nSPS) is 15.1. The van der Waals surface area contributed by atoms with Gasteiger partial charge in [-0.25, -0.2) is 0 Å². The molecule has 174 valence electrons. The van der Waals surface area contributed by atoms with Crippen molar-refractivity contribution in [3.05, 3.63) is 68.5 Å². The van der Waals surface area contributed by atoms with Crippen molar-refractivity contribution in [3.63, 3.8) is 0 Å². The van der Waals surface area contributed by atoms with E-state index >= 15 is 0 Å². The van der Waals surface area contributed by atoms with Crippen molar-refractivity contribution in [2.45, 2.75) is 25.8 Å². The molecule has 0 unspecified atom stereocenters. The molecule has 4 rings (SSSR count). The number of thiophene rings is 2. The molecule has 0 bridgehead atoms. The number of carbonyl (C=O) groups is 2. The number of methoxy groups -OCH3 is 1. The molecule has 1 aliphatic rings. The smallest absolute Gasteiger partial charge is 0.264 e. The van der Waals surface area contributed by atoms with E-state index in [0.29, 0.717) is 30.3 Å². The topological polar surface area (TPSA) is 59.1 Å². The summed E-state index contributed by atoms with van der Waals surface area (Å²) in [6, 6.07) is 13.0. The lowest BCUT2D eigenvalue weighted by Gasteiger charge is -2.37. The molecular weight excluding hydrogens is 456 g/mol. The van der Waals surface area contributed by atoms with E-state index in [2.05, 4.69) is 11.4 Å². The summed E-state index contributed by atoms with van der Waals surface area (Å²) in [5.74, 6) is 1.29. The minimum absolute atomic E-state index is 0.0514. The zero-order chi connectivity index (χ0) is 23.2. The van der Waals surface area contributed by atoms with Gasteiger partial charge in [-0.2, -0.15) is 0 Å². The monoisotopic (exact) mass is 484 g/mol. The summed E-state index contributed by atoms with van der Waals surface area (Å²) in [4.78, 5) is 31.9. The Morgan fingerprint density at radius 1 is 1.12 bits per heavy atom. The van der Waals surface area contributed by atoms with Crippen LogP contribution in [0.4, 0.5) is 0 Å². The van der Waals surface area contributed by atoms with E-state index in [1.807, 2.05) is 53.6 Å². The van der Waals surface area contributed by atoms with Crippen molar-refractivity contribution in [3.8, 4) is 11.5 Å². The summed E-state index contributed by atoms with van der Waals surface area (Å²) in [7, 11) is 1.62. The predicted molar refractivity (Wildman–Crippen MR) is 131 cm³/mol. The number of amides is 2. The molecule has 0 N–H and O–H groups in total. The highest BCUT2D eigenvalue weighted by molar-refractivity contribution is 7.12. The van der Waals surface area contributed by atoms with Gasteiger partial charge in [-0.3, -0.25) is 9.59 Å². The highest BCUT2D eigenvalue weighted by atomic mass is 32.1. The zero-order valence-corrected chi connectivity index (χ0v) is 20.5. The van der Waals surface area contributed by atoms with Gasteiger partial charge in [0.15, 0.2) is 0 Å². The molecule has 0 aliphatic carbocycles. The van der Waals surface area contributed by atoms with E-state index in [-0.39, 0.29) is 24.4 Å². The average Bonchev–Trinajstić information content (AvgIpc) is 3.54. The molecule has 6 nitrogen and oxygen atoms in total. The lowest BCUT2D eigenvalue weighted by molar-refractivity contribution is -0.135. The minimum atomic E-state index is -0.195. The second kappa shape index (κ2) is 10.9. The second-order valence-corrected chi connectivity index (χ2v) is 9.79. The molecule has 2 amide bonds. The molecule has 1 aliphatic heterocycles. The summed E-state index contributed by atoms with van der Waals surface area (Å²) >= 11 is 3.12. The number of carbonyl (C=O) groups excluding carboxylic acids is 2. The maximum Gasteiger partial charge on any atom is 0.264 e. The number of nitrogens with zero attached hydrogens (tertiary/aromatic N) is 2.